The van der Waals surface area contributed by atoms with Gasteiger partial charge in [0.25, 0.3) is 0 Å². The third kappa shape index (κ3) is 4.35. The van der Waals surface area contributed by atoms with Gasteiger partial charge >= 0.3 is 0 Å². The number of halogens is 1. The van der Waals surface area contributed by atoms with Crippen LogP contribution in [0.1, 0.15) is 40.5 Å². The minimum atomic E-state index is -0.368. The van der Waals surface area contributed by atoms with Crippen molar-refractivity contribution in [1.29, 1.82) is 0 Å². The van der Waals surface area contributed by atoms with Crippen LogP contribution in [0.2, 0.25) is 0 Å². The average molecular weight is 332 g/mol. The molecule has 1 N–H and O–H groups in total. The van der Waals surface area contributed by atoms with Gasteiger partial charge in [0, 0.05) is 44.2 Å². The molecule has 0 aromatic heterocycles. The molecule has 5 nitrogen and oxygen atoms in total. The smallest absolute Gasteiger partial charge is 0.227 e. The highest BCUT2D eigenvalue weighted by Crippen LogP contribution is 2.25. The zero-order chi connectivity index (χ0) is 15.6. The van der Waals surface area contributed by atoms with Crippen LogP contribution >= 0.6 is 12.4 Å². The first kappa shape index (κ1) is 19.2. The van der Waals surface area contributed by atoms with Gasteiger partial charge in [0.2, 0.25) is 11.8 Å². The Bertz CT molecular complexity index is 409. The molecule has 128 valence electrons. The second-order valence-electron chi connectivity index (χ2n) is 7.43. The molecular formula is C16H30ClN3O2. The van der Waals surface area contributed by atoms with Crippen molar-refractivity contribution in [2.75, 3.05) is 32.7 Å². The van der Waals surface area contributed by atoms with Crippen LogP contribution in [0, 0.1) is 11.3 Å². The Labute approximate surface area is 140 Å². The molecule has 2 amide bonds. The van der Waals surface area contributed by atoms with Gasteiger partial charge < -0.3 is 15.1 Å². The molecule has 2 aliphatic rings. The van der Waals surface area contributed by atoms with Crippen LogP contribution < -0.4 is 5.32 Å². The summed E-state index contributed by atoms with van der Waals surface area (Å²) >= 11 is 0. The van der Waals surface area contributed by atoms with Crippen molar-refractivity contribution in [3.8, 4) is 0 Å². The molecule has 0 aromatic rings. The second kappa shape index (κ2) is 7.64. The van der Waals surface area contributed by atoms with Gasteiger partial charge in [0.05, 0.1) is 5.92 Å². The number of nitrogens with one attached hydrogen (secondary N) is 1. The normalized spacial score (nSPS) is 26.4. The summed E-state index contributed by atoms with van der Waals surface area (Å²) in [7, 11) is 0. The first-order valence-corrected chi connectivity index (χ1v) is 8.11. The van der Waals surface area contributed by atoms with Crippen LogP contribution in [0.25, 0.3) is 0 Å². The first-order chi connectivity index (χ1) is 9.80. The molecule has 2 rings (SSSR count). The maximum absolute atomic E-state index is 12.7. The summed E-state index contributed by atoms with van der Waals surface area (Å²) in [5.41, 5.74) is -0.368. The summed E-state index contributed by atoms with van der Waals surface area (Å²) in [5.74, 6) is 0.370. The van der Waals surface area contributed by atoms with Gasteiger partial charge in [-0.1, -0.05) is 20.8 Å². The monoisotopic (exact) mass is 331 g/mol. The lowest BCUT2D eigenvalue weighted by Gasteiger charge is -2.40. The molecule has 2 heterocycles. The molecule has 0 aromatic carbocycles. The predicted octanol–water partition coefficient (Wildman–Crippen LogP) is 1.51. The molecule has 2 saturated heterocycles. The van der Waals surface area contributed by atoms with Gasteiger partial charge in [-0.05, 0) is 19.8 Å². The topological polar surface area (TPSA) is 52.7 Å². The largest absolute Gasteiger partial charge is 0.341 e. The molecule has 0 saturated carbocycles. The molecule has 22 heavy (non-hydrogen) atoms. The summed E-state index contributed by atoms with van der Waals surface area (Å²) in [6, 6.07) is 0.250. The van der Waals surface area contributed by atoms with Gasteiger partial charge in [-0.15, -0.1) is 12.4 Å². The van der Waals surface area contributed by atoms with E-state index in [4.69, 9.17) is 0 Å². The Kier molecular flexibility index (Phi) is 6.68. The Morgan fingerprint density at radius 3 is 2.45 bits per heavy atom. The van der Waals surface area contributed by atoms with Gasteiger partial charge in [-0.3, -0.25) is 9.59 Å². The van der Waals surface area contributed by atoms with E-state index in [9.17, 15) is 9.59 Å². The Balaban J connectivity index is 0.00000242. The summed E-state index contributed by atoms with van der Waals surface area (Å²) in [4.78, 5) is 29.0. The van der Waals surface area contributed by atoms with Crippen LogP contribution in [-0.2, 0) is 9.59 Å². The molecular weight excluding hydrogens is 302 g/mol. The lowest BCUT2D eigenvalue weighted by Crippen LogP contribution is -2.56. The summed E-state index contributed by atoms with van der Waals surface area (Å²) < 4.78 is 0. The van der Waals surface area contributed by atoms with E-state index >= 15 is 0 Å². The number of likely N-dealkylation sites (tertiary alicyclic amines) is 1. The molecule has 2 aliphatic heterocycles. The molecule has 1 unspecified atom stereocenters. The zero-order valence-electron chi connectivity index (χ0n) is 14.2. The molecule has 2 atom stereocenters. The van der Waals surface area contributed by atoms with Crippen LogP contribution in [0.5, 0.6) is 0 Å². The van der Waals surface area contributed by atoms with E-state index in [0.717, 1.165) is 39.0 Å². The van der Waals surface area contributed by atoms with Gasteiger partial charge in [0.1, 0.15) is 0 Å². The molecule has 0 spiro atoms. The fourth-order valence-corrected chi connectivity index (χ4v) is 3.24. The number of nitrogens with zero attached hydrogens (tertiary/aromatic N) is 2. The maximum atomic E-state index is 12.7. The Morgan fingerprint density at radius 1 is 1.18 bits per heavy atom. The van der Waals surface area contributed by atoms with E-state index < -0.39 is 0 Å². The third-order valence-corrected chi connectivity index (χ3v) is 4.48. The predicted molar refractivity (Wildman–Crippen MR) is 90.1 cm³/mol. The molecule has 0 bridgehead atoms. The number of piperazine rings is 1. The fourth-order valence-electron chi connectivity index (χ4n) is 3.24. The molecule has 6 heteroatoms. The van der Waals surface area contributed by atoms with Gasteiger partial charge in [0.15, 0.2) is 0 Å². The molecule has 0 radical (unpaired) electrons. The van der Waals surface area contributed by atoms with Crippen LogP contribution in [0.15, 0.2) is 0 Å². The van der Waals surface area contributed by atoms with Crippen LogP contribution in [0.3, 0.4) is 0 Å². The van der Waals surface area contributed by atoms with E-state index in [1.807, 2.05) is 30.6 Å². The van der Waals surface area contributed by atoms with Crippen molar-refractivity contribution in [3.05, 3.63) is 0 Å². The highest BCUT2D eigenvalue weighted by molar-refractivity contribution is 5.85. The third-order valence-electron chi connectivity index (χ3n) is 4.48. The van der Waals surface area contributed by atoms with E-state index in [-0.39, 0.29) is 41.6 Å². The van der Waals surface area contributed by atoms with Crippen molar-refractivity contribution in [1.82, 2.24) is 15.1 Å². The standard InChI is InChI=1S/C16H29N3O2.ClH/c1-12-10-17-7-9-19(12)14(20)13-6-5-8-18(11-13)15(21)16(2,3)4;/h12-13,17H,5-11H2,1-4H3;1H/t12-,13?;/m0./s1. The van der Waals surface area contributed by atoms with Crippen molar-refractivity contribution in [2.45, 2.75) is 46.6 Å². The van der Waals surface area contributed by atoms with E-state index in [1.165, 1.54) is 0 Å². The van der Waals surface area contributed by atoms with Crippen molar-refractivity contribution < 1.29 is 9.59 Å². The van der Waals surface area contributed by atoms with Crippen LogP contribution in [-0.4, -0.2) is 60.4 Å². The van der Waals surface area contributed by atoms with Crippen molar-refractivity contribution >= 4 is 24.2 Å². The second-order valence-corrected chi connectivity index (χ2v) is 7.43. The lowest BCUT2D eigenvalue weighted by atomic mass is 9.90. The summed E-state index contributed by atoms with van der Waals surface area (Å²) in [6.07, 6.45) is 1.84. The summed E-state index contributed by atoms with van der Waals surface area (Å²) in [5, 5.41) is 3.31. The zero-order valence-corrected chi connectivity index (χ0v) is 15.0. The van der Waals surface area contributed by atoms with Crippen molar-refractivity contribution in [2.24, 2.45) is 11.3 Å². The Hall–Kier alpha value is -0.810. The minimum absolute atomic E-state index is 0. The van der Waals surface area contributed by atoms with E-state index in [2.05, 4.69) is 12.2 Å². The number of amides is 2. The minimum Gasteiger partial charge on any atom is -0.341 e. The van der Waals surface area contributed by atoms with Crippen LogP contribution in [0.4, 0.5) is 0 Å². The fraction of sp³-hybridized carbons (Fsp3) is 0.875. The summed E-state index contributed by atoms with van der Waals surface area (Å²) in [6.45, 7) is 11.8. The average Bonchev–Trinajstić information content (AvgIpc) is 2.45. The number of hydrogen-bond donors (Lipinski definition) is 1. The molecule has 2 fully saturated rings. The highest BCUT2D eigenvalue weighted by Gasteiger charge is 2.36. The highest BCUT2D eigenvalue weighted by atomic mass is 35.5. The number of rotatable bonds is 1. The number of piperidine rings is 1. The number of carbonyl (C=O) groups is 2. The quantitative estimate of drug-likeness (QED) is 0.792. The van der Waals surface area contributed by atoms with E-state index in [1.54, 1.807) is 0 Å². The maximum Gasteiger partial charge on any atom is 0.227 e. The first-order valence-electron chi connectivity index (χ1n) is 8.11. The van der Waals surface area contributed by atoms with Gasteiger partial charge in [-0.2, -0.15) is 0 Å². The number of hydrogen-bond acceptors (Lipinski definition) is 3. The molecule has 0 aliphatic carbocycles. The lowest BCUT2D eigenvalue weighted by molar-refractivity contribution is -0.146. The SMILES string of the molecule is C[C@H]1CNCCN1C(=O)C1CCCN(C(=O)C(C)(C)C)C1.Cl. The van der Waals surface area contributed by atoms with E-state index in [0.29, 0.717) is 6.54 Å². The van der Waals surface area contributed by atoms with Gasteiger partial charge in [-0.25, -0.2) is 0 Å². The number of carbonyl (C=O) groups excluding carboxylic acids is 2. The Morgan fingerprint density at radius 2 is 1.86 bits per heavy atom. The van der Waals surface area contributed by atoms with Crippen molar-refractivity contribution in [3.63, 3.8) is 0 Å².